The Labute approximate surface area is 394 Å². The zero-order valence-electron chi connectivity index (χ0n) is 36.6. The fourth-order valence-corrected chi connectivity index (χ4v) is 10.4. The molecule has 0 N–H and O–H groups in total. The van der Waals surface area contributed by atoms with Gasteiger partial charge in [-0.1, -0.05) is 218 Å². The van der Waals surface area contributed by atoms with Gasteiger partial charge in [-0.3, -0.25) is 0 Å². The average molecular weight is 871 g/mol. The number of hydrogen-bond acceptors (Lipinski definition) is 3. The highest BCUT2D eigenvalue weighted by Crippen LogP contribution is 2.45. The van der Waals surface area contributed by atoms with Gasteiger partial charge in [0, 0.05) is 36.9 Å². The first-order valence-electron chi connectivity index (χ1n) is 22.7. The maximum Gasteiger partial charge on any atom is 0.160 e. The highest BCUT2D eigenvalue weighted by Gasteiger charge is 2.19. The van der Waals surface area contributed by atoms with Crippen molar-refractivity contribution in [1.82, 2.24) is 9.97 Å². The lowest BCUT2D eigenvalue weighted by Crippen LogP contribution is -1.96. The molecule has 0 aliphatic rings. The standard InChI is InChI=1S/C64H42N2S/c1-5-15-43(16-6-1)45-27-33-49(34-28-45)59-42-60(66-64(65-59)52-21-11-4-12-22-52)50-35-29-47(30-36-50)46-25-31-48(32-26-46)56-40-54(44-17-7-2-8-18-44)41-57(63(56)51-19-9-3-10-20-51)53-37-38-62-58(39-53)55-23-13-14-24-61(55)67-62/h1-42H. The molecule has 10 aromatic carbocycles. The summed E-state index contributed by atoms with van der Waals surface area (Å²) in [5.41, 5.74) is 19.1. The summed E-state index contributed by atoms with van der Waals surface area (Å²) < 4.78 is 2.62. The number of fused-ring (bicyclic) bond motifs is 3. The van der Waals surface area contributed by atoms with Crippen LogP contribution in [0.2, 0.25) is 0 Å². The maximum atomic E-state index is 5.12. The summed E-state index contributed by atoms with van der Waals surface area (Å²) in [6, 6.07) is 91.5. The maximum absolute atomic E-state index is 5.12. The molecule has 2 nitrogen and oxygen atoms in total. The van der Waals surface area contributed by atoms with Gasteiger partial charge >= 0.3 is 0 Å². The average Bonchev–Trinajstić information content (AvgIpc) is 3.79. The Bertz CT molecular complexity index is 3680. The van der Waals surface area contributed by atoms with E-state index in [1.807, 2.05) is 35.6 Å². The third kappa shape index (κ3) is 7.92. The molecule has 0 aliphatic heterocycles. The summed E-state index contributed by atoms with van der Waals surface area (Å²) in [5, 5.41) is 2.60. The lowest BCUT2D eigenvalue weighted by Gasteiger charge is -2.19. The van der Waals surface area contributed by atoms with Gasteiger partial charge in [0.2, 0.25) is 0 Å². The van der Waals surface area contributed by atoms with Crippen molar-refractivity contribution in [3.8, 4) is 101 Å². The number of rotatable bonds is 9. The van der Waals surface area contributed by atoms with Gasteiger partial charge in [0.05, 0.1) is 11.4 Å². The van der Waals surface area contributed by atoms with Crippen molar-refractivity contribution in [2.24, 2.45) is 0 Å². The van der Waals surface area contributed by atoms with E-state index in [1.54, 1.807) is 0 Å². The van der Waals surface area contributed by atoms with Crippen LogP contribution >= 0.6 is 11.3 Å². The number of nitrogens with zero attached hydrogens (tertiary/aromatic N) is 2. The van der Waals surface area contributed by atoms with E-state index in [1.165, 1.54) is 75.8 Å². The lowest BCUT2D eigenvalue weighted by molar-refractivity contribution is 1.18. The molecule has 2 aromatic heterocycles. The van der Waals surface area contributed by atoms with Crippen molar-refractivity contribution in [1.29, 1.82) is 0 Å². The Balaban J connectivity index is 0.922. The van der Waals surface area contributed by atoms with E-state index in [9.17, 15) is 0 Å². The minimum absolute atomic E-state index is 0.703. The van der Waals surface area contributed by atoms with Gasteiger partial charge in [0.25, 0.3) is 0 Å². The van der Waals surface area contributed by atoms with Crippen LogP contribution in [-0.4, -0.2) is 9.97 Å². The van der Waals surface area contributed by atoms with Crippen LogP contribution in [0.4, 0.5) is 0 Å². The third-order valence-corrected chi connectivity index (χ3v) is 13.9. The smallest absolute Gasteiger partial charge is 0.160 e. The summed E-state index contributed by atoms with van der Waals surface area (Å²) >= 11 is 1.86. The summed E-state index contributed by atoms with van der Waals surface area (Å²) in [4.78, 5) is 10.2. The van der Waals surface area contributed by atoms with Crippen molar-refractivity contribution < 1.29 is 0 Å². The van der Waals surface area contributed by atoms with E-state index >= 15 is 0 Å². The SMILES string of the molecule is c1ccc(-c2ccc(-c3cc(-c4ccc(-c5ccc(-c6cc(-c7ccccc7)cc(-c7ccc8sc9ccccc9c8c7)c6-c6ccccc6)cc5)cc4)nc(-c4ccccc4)n3)cc2)cc1. The number of benzene rings is 10. The summed E-state index contributed by atoms with van der Waals surface area (Å²) in [6.07, 6.45) is 0. The lowest BCUT2D eigenvalue weighted by atomic mass is 9.84. The normalized spacial score (nSPS) is 11.3. The zero-order valence-corrected chi connectivity index (χ0v) is 37.4. The Morgan fingerprint density at radius 3 is 1.18 bits per heavy atom. The van der Waals surface area contributed by atoms with E-state index in [0.29, 0.717) is 5.82 Å². The molecule has 0 amide bonds. The van der Waals surface area contributed by atoms with Gasteiger partial charge in [-0.25, -0.2) is 9.97 Å². The fourth-order valence-electron chi connectivity index (χ4n) is 9.30. The molecule has 0 saturated carbocycles. The zero-order chi connectivity index (χ0) is 44.5. The topological polar surface area (TPSA) is 25.8 Å². The van der Waals surface area contributed by atoms with Crippen LogP contribution in [0.1, 0.15) is 0 Å². The van der Waals surface area contributed by atoms with E-state index in [0.717, 1.165) is 39.2 Å². The quantitative estimate of drug-likeness (QED) is 0.144. The molecule has 0 atom stereocenters. The molecule has 0 spiro atoms. The monoisotopic (exact) mass is 870 g/mol. The van der Waals surface area contributed by atoms with E-state index in [4.69, 9.17) is 9.97 Å². The number of thiophene rings is 1. The number of hydrogen-bond donors (Lipinski definition) is 0. The second-order valence-corrected chi connectivity index (χ2v) is 18.0. The molecule has 12 rings (SSSR count). The Morgan fingerprint density at radius 2 is 0.627 bits per heavy atom. The highest BCUT2D eigenvalue weighted by atomic mass is 32.1. The van der Waals surface area contributed by atoms with Gasteiger partial charge < -0.3 is 0 Å². The largest absolute Gasteiger partial charge is 0.228 e. The summed E-state index contributed by atoms with van der Waals surface area (Å²) in [7, 11) is 0. The van der Waals surface area contributed by atoms with Crippen molar-refractivity contribution in [3.05, 3.63) is 255 Å². The van der Waals surface area contributed by atoms with Crippen LogP contribution in [0.25, 0.3) is 121 Å². The first-order chi connectivity index (χ1) is 33.2. The molecule has 0 saturated heterocycles. The molecule has 3 heteroatoms. The highest BCUT2D eigenvalue weighted by molar-refractivity contribution is 7.25. The first kappa shape index (κ1) is 40.0. The van der Waals surface area contributed by atoms with Crippen LogP contribution in [0.15, 0.2) is 255 Å². The van der Waals surface area contributed by atoms with Crippen molar-refractivity contribution >= 4 is 31.5 Å². The molecule has 0 radical (unpaired) electrons. The Hall–Kier alpha value is -8.50. The Kier molecular flexibility index (Phi) is 10.4. The fraction of sp³-hybridized carbons (Fsp3) is 0. The van der Waals surface area contributed by atoms with Crippen molar-refractivity contribution in [2.45, 2.75) is 0 Å². The van der Waals surface area contributed by atoms with E-state index in [-0.39, 0.29) is 0 Å². The second kappa shape index (κ2) is 17.5. The minimum atomic E-state index is 0.703. The van der Waals surface area contributed by atoms with Gasteiger partial charge in [-0.05, 0) is 103 Å². The van der Waals surface area contributed by atoms with Crippen molar-refractivity contribution in [3.63, 3.8) is 0 Å². The molecule has 0 bridgehead atoms. The van der Waals surface area contributed by atoms with E-state index < -0.39 is 0 Å². The van der Waals surface area contributed by atoms with Gasteiger partial charge in [-0.15, -0.1) is 11.3 Å². The predicted octanol–water partition coefficient (Wildman–Crippen LogP) is 17.8. The van der Waals surface area contributed by atoms with Gasteiger partial charge in [0.1, 0.15) is 0 Å². The van der Waals surface area contributed by atoms with Crippen LogP contribution in [0.3, 0.4) is 0 Å². The van der Waals surface area contributed by atoms with Crippen LogP contribution < -0.4 is 0 Å². The summed E-state index contributed by atoms with van der Waals surface area (Å²) in [6.45, 7) is 0. The molecular weight excluding hydrogens is 829 g/mol. The molecule has 2 heterocycles. The molecule has 0 unspecified atom stereocenters. The second-order valence-electron chi connectivity index (χ2n) is 16.9. The van der Waals surface area contributed by atoms with Gasteiger partial charge in [0.15, 0.2) is 5.82 Å². The predicted molar refractivity (Wildman–Crippen MR) is 284 cm³/mol. The molecule has 0 aliphatic carbocycles. The molecule has 12 aromatic rings. The van der Waals surface area contributed by atoms with Crippen molar-refractivity contribution in [2.75, 3.05) is 0 Å². The molecule has 67 heavy (non-hydrogen) atoms. The third-order valence-electron chi connectivity index (χ3n) is 12.8. The first-order valence-corrected chi connectivity index (χ1v) is 23.5. The van der Waals surface area contributed by atoms with E-state index in [2.05, 4.69) is 231 Å². The minimum Gasteiger partial charge on any atom is -0.228 e. The Morgan fingerprint density at radius 1 is 0.239 bits per heavy atom. The van der Waals surface area contributed by atoms with Crippen LogP contribution in [0, 0.1) is 0 Å². The summed E-state index contributed by atoms with van der Waals surface area (Å²) in [5.74, 6) is 0.703. The number of aromatic nitrogens is 2. The molecular formula is C64H42N2S. The van der Waals surface area contributed by atoms with Gasteiger partial charge in [-0.2, -0.15) is 0 Å². The van der Waals surface area contributed by atoms with Crippen LogP contribution in [-0.2, 0) is 0 Å². The van der Waals surface area contributed by atoms with Crippen LogP contribution in [0.5, 0.6) is 0 Å². The molecule has 0 fully saturated rings. The molecule has 314 valence electrons.